The number of fused-ring (bicyclic) bond motifs is 1. The van der Waals surface area contributed by atoms with Crippen molar-refractivity contribution in [3.63, 3.8) is 0 Å². The second kappa shape index (κ2) is 6.77. The summed E-state index contributed by atoms with van der Waals surface area (Å²) in [5, 5.41) is 9.77. The number of rotatable bonds is 4. The third kappa shape index (κ3) is 3.36. The Morgan fingerprint density at radius 1 is 1.12 bits per heavy atom. The van der Waals surface area contributed by atoms with Crippen LogP contribution in [-0.2, 0) is 17.6 Å². The average Bonchev–Trinajstić information content (AvgIpc) is 3.03. The molecule has 3 rings (SSSR count). The molecule has 0 unspecified atom stereocenters. The molecule has 124 valence electrons. The molecule has 1 N–H and O–H groups in total. The third-order valence-corrected chi connectivity index (χ3v) is 4.71. The molecule has 0 heterocycles. The molecule has 2 aromatic carbocycles. The van der Waals surface area contributed by atoms with Crippen molar-refractivity contribution in [3.05, 3.63) is 63.1 Å². The maximum absolute atomic E-state index is 12.5. The number of aromatic hydroxyl groups is 1. The maximum atomic E-state index is 12.5. The van der Waals surface area contributed by atoms with Gasteiger partial charge in [0.2, 0.25) is 5.78 Å². The van der Waals surface area contributed by atoms with Gasteiger partial charge in [-0.1, -0.05) is 28.1 Å². The first-order chi connectivity index (χ1) is 11.5. The van der Waals surface area contributed by atoms with Crippen molar-refractivity contribution in [3.8, 4) is 5.75 Å². The first-order valence-corrected chi connectivity index (χ1v) is 8.60. The summed E-state index contributed by atoms with van der Waals surface area (Å²) in [5.41, 5.74) is 3.06. The average molecular weight is 389 g/mol. The zero-order valence-corrected chi connectivity index (χ0v) is 14.8. The van der Waals surface area contributed by atoms with Gasteiger partial charge in [-0.05, 0) is 61.6 Å². The minimum Gasteiger partial charge on any atom is -0.507 e. The van der Waals surface area contributed by atoms with Crippen molar-refractivity contribution in [2.45, 2.75) is 32.3 Å². The maximum Gasteiger partial charge on any atom is 0.342 e. The fraction of sp³-hybridized carbons (Fsp3) is 0.263. The third-order valence-electron chi connectivity index (χ3n) is 4.21. The van der Waals surface area contributed by atoms with E-state index in [2.05, 4.69) is 15.9 Å². The minimum atomic E-state index is -0.921. The number of ketones is 1. The van der Waals surface area contributed by atoms with Crippen molar-refractivity contribution in [2.24, 2.45) is 0 Å². The van der Waals surface area contributed by atoms with E-state index in [9.17, 15) is 14.7 Å². The summed E-state index contributed by atoms with van der Waals surface area (Å²) in [6.07, 6.45) is 2.22. The fourth-order valence-electron chi connectivity index (χ4n) is 2.91. The number of ether oxygens (including phenoxy) is 1. The molecule has 0 fully saturated rings. The van der Waals surface area contributed by atoms with Crippen LogP contribution in [0.15, 0.2) is 40.9 Å². The van der Waals surface area contributed by atoms with Crippen LogP contribution in [0.3, 0.4) is 0 Å². The zero-order chi connectivity index (χ0) is 17.3. The minimum absolute atomic E-state index is 0.0259. The van der Waals surface area contributed by atoms with Crippen molar-refractivity contribution in [1.82, 2.24) is 0 Å². The van der Waals surface area contributed by atoms with E-state index in [0.717, 1.165) is 19.3 Å². The summed E-state index contributed by atoms with van der Waals surface area (Å²) in [7, 11) is 0. The van der Waals surface area contributed by atoms with Gasteiger partial charge in [-0.15, -0.1) is 0 Å². The van der Waals surface area contributed by atoms with Gasteiger partial charge in [-0.25, -0.2) is 4.79 Å². The van der Waals surface area contributed by atoms with Crippen LogP contribution >= 0.6 is 15.9 Å². The second-order valence-electron chi connectivity index (χ2n) is 5.91. The quantitative estimate of drug-likeness (QED) is 0.633. The van der Waals surface area contributed by atoms with Gasteiger partial charge in [0.05, 0.1) is 0 Å². The van der Waals surface area contributed by atoms with Crippen LogP contribution in [0.5, 0.6) is 5.75 Å². The number of benzene rings is 2. The largest absolute Gasteiger partial charge is 0.507 e. The van der Waals surface area contributed by atoms with E-state index < -0.39 is 12.1 Å². The van der Waals surface area contributed by atoms with Crippen molar-refractivity contribution < 1.29 is 19.4 Å². The van der Waals surface area contributed by atoms with Gasteiger partial charge < -0.3 is 9.84 Å². The smallest absolute Gasteiger partial charge is 0.342 e. The second-order valence-corrected chi connectivity index (χ2v) is 6.83. The lowest BCUT2D eigenvalue weighted by atomic mass is 10.0. The molecule has 5 heteroatoms. The number of halogens is 1. The van der Waals surface area contributed by atoms with Gasteiger partial charge in [0.15, 0.2) is 6.10 Å². The number of esters is 1. The van der Waals surface area contributed by atoms with Gasteiger partial charge in [0.25, 0.3) is 0 Å². The van der Waals surface area contributed by atoms with Gasteiger partial charge >= 0.3 is 5.97 Å². The lowest BCUT2D eigenvalue weighted by molar-refractivity contribution is 0.0316. The Labute approximate surface area is 148 Å². The Bertz CT molecular complexity index is 813. The number of Topliss-reactive ketones (excluding diaryl/α,β-unsaturated/α-hetero) is 1. The molecule has 0 amide bonds. The van der Waals surface area contributed by atoms with Crippen molar-refractivity contribution >= 4 is 27.7 Å². The highest BCUT2D eigenvalue weighted by atomic mass is 79.9. The predicted molar refractivity (Wildman–Crippen MR) is 93.5 cm³/mol. The lowest BCUT2D eigenvalue weighted by Crippen LogP contribution is -2.24. The molecule has 0 saturated carbocycles. The highest BCUT2D eigenvalue weighted by Gasteiger charge is 2.23. The number of phenolic OH excluding ortho intramolecular Hbond substituents is 1. The molecule has 1 aliphatic rings. The monoisotopic (exact) mass is 388 g/mol. The van der Waals surface area contributed by atoms with E-state index >= 15 is 0 Å². The number of hydrogen-bond donors (Lipinski definition) is 1. The number of hydrogen-bond acceptors (Lipinski definition) is 4. The Morgan fingerprint density at radius 3 is 2.67 bits per heavy atom. The molecule has 2 aromatic rings. The van der Waals surface area contributed by atoms with Gasteiger partial charge in [0.1, 0.15) is 11.3 Å². The first kappa shape index (κ1) is 16.7. The Hall–Kier alpha value is -2.14. The molecule has 0 spiro atoms. The van der Waals surface area contributed by atoms with Gasteiger partial charge in [-0.3, -0.25) is 4.79 Å². The van der Waals surface area contributed by atoms with Crippen LogP contribution in [0.1, 0.15) is 45.2 Å². The van der Waals surface area contributed by atoms with Crippen LogP contribution in [0.4, 0.5) is 0 Å². The first-order valence-electron chi connectivity index (χ1n) is 7.81. The van der Waals surface area contributed by atoms with Crippen LogP contribution in [0.25, 0.3) is 0 Å². The van der Waals surface area contributed by atoms with Crippen LogP contribution in [0, 0.1) is 0 Å². The molecule has 1 atom stereocenters. The Kier molecular flexibility index (Phi) is 4.71. The summed E-state index contributed by atoms with van der Waals surface area (Å²) in [5.74, 6) is -1.15. The summed E-state index contributed by atoms with van der Waals surface area (Å²) >= 11 is 3.24. The molecule has 0 aliphatic heterocycles. The summed E-state index contributed by atoms with van der Waals surface area (Å²) in [6.45, 7) is 1.54. The summed E-state index contributed by atoms with van der Waals surface area (Å²) in [6, 6.07) is 10.1. The SMILES string of the molecule is C[C@H](OC(=O)c1cc(Br)ccc1O)C(=O)c1ccc2c(c1)CCC2. The lowest BCUT2D eigenvalue weighted by Gasteiger charge is -2.14. The van der Waals surface area contributed by atoms with E-state index in [-0.39, 0.29) is 17.1 Å². The predicted octanol–water partition coefficient (Wildman–Crippen LogP) is 4.07. The molecule has 0 aromatic heterocycles. The number of phenols is 1. The van der Waals surface area contributed by atoms with Gasteiger partial charge in [-0.2, -0.15) is 0 Å². The molecule has 24 heavy (non-hydrogen) atoms. The highest BCUT2D eigenvalue weighted by molar-refractivity contribution is 9.10. The van der Waals surface area contributed by atoms with E-state index in [1.165, 1.54) is 23.3 Å². The topological polar surface area (TPSA) is 63.6 Å². The molecular weight excluding hydrogens is 372 g/mol. The van der Waals surface area contributed by atoms with E-state index in [1.54, 1.807) is 19.1 Å². The molecular formula is C19H17BrO4. The normalized spacial score (nSPS) is 14.1. The van der Waals surface area contributed by atoms with Crippen LogP contribution in [0.2, 0.25) is 0 Å². The molecule has 0 radical (unpaired) electrons. The summed E-state index contributed by atoms with van der Waals surface area (Å²) in [4.78, 5) is 24.7. The molecule has 0 saturated heterocycles. The number of carbonyl (C=O) groups is 2. The summed E-state index contributed by atoms with van der Waals surface area (Å²) < 4.78 is 5.88. The van der Waals surface area contributed by atoms with E-state index in [4.69, 9.17) is 4.74 Å². The van der Waals surface area contributed by atoms with Gasteiger partial charge in [0, 0.05) is 10.0 Å². The van der Waals surface area contributed by atoms with E-state index in [0.29, 0.717) is 10.0 Å². The fourth-order valence-corrected chi connectivity index (χ4v) is 3.27. The Balaban J connectivity index is 1.74. The van der Waals surface area contributed by atoms with Crippen molar-refractivity contribution in [1.29, 1.82) is 0 Å². The number of carbonyl (C=O) groups excluding carboxylic acids is 2. The van der Waals surface area contributed by atoms with Crippen molar-refractivity contribution in [2.75, 3.05) is 0 Å². The molecule has 0 bridgehead atoms. The standard InChI is InChI=1S/C19H17BrO4/c1-11(24-19(23)16-10-15(20)7-8-17(16)21)18(22)14-6-5-12-3-2-4-13(12)9-14/h5-11,21H,2-4H2,1H3/t11-/m0/s1. The highest BCUT2D eigenvalue weighted by Crippen LogP contribution is 2.25. The zero-order valence-electron chi connectivity index (χ0n) is 13.2. The molecule has 1 aliphatic carbocycles. The van der Waals surface area contributed by atoms with Crippen LogP contribution < -0.4 is 0 Å². The Morgan fingerprint density at radius 2 is 1.88 bits per heavy atom. The van der Waals surface area contributed by atoms with E-state index in [1.807, 2.05) is 12.1 Å². The molecule has 4 nitrogen and oxygen atoms in total. The number of aryl methyl sites for hydroxylation is 2. The van der Waals surface area contributed by atoms with Crippen LogP contribution in [-0.4, -0.2) is 23.0 Å².